The lowest BCUT2D eigenvalue weighted by Crippen LogP contribution is -2.11. The van der Waals surface area contributed by atoms with Gasteiger partial charge < -0.3 is 10.2 Å². The van der Waals surface area contributed by atoms with Crippen LogP contribution >= 0.6 is 0 Å². The van der Waals surface area contributed by atoms with Crippen LogP contribution in [0.5, 0.6) is 0 Å². The Hall–Kier alpha value is -2.30. The molecule has 2 atom stereocenters. The number of hydrogen-bond donors (Lipinski definition) is 2. The molecule has 2 aromatic rings. The van der Waals surface area contributed by atoms with E-state index in [1.54, 1.807) is 48.5 Å². The Labute approximate surface area is 130 Å². The van der Waals surface area contributed by atoms with Crippen LogP contribution in [0.2, 0.25) is 0 Å². The number of carbonyl (C=O) groups excluding carboxylic acids is 2. The summed E-state index contributed by atoms with van der Waals surface area (Å²) in [5, 5.41) is 18.2. The van der Waals surface area contributed by atoms with E-state index in [0.29, 0.717) is 11.1 Å². The monoisotopic (exact) mass is 300 g/mol. The van der Waals surface area contributed by atoms with Gasteiger partial charge in [0.25, 0.3) is 0 Å². The molecule has 0 aromatic heterocycles. The first-order chi connectivity index (χ1) is 10.4. The Morgan fingerprint density at radius 1 is 0.864 bits per heavy atom. The van der Waals surface area contributed by atoms with Crippen molar-refractivity contribution in [1.29, 1.82) is 0 Å². The highest BCUT2D eigenvalue weighted by molar-refractivity contribution is 5.99. The van der Waals surface area contributed by atoms with Crippen LogP contribution in [-0.2, 0) is 4.79 Å². The number of hydrogen-bond acceptors (Lipinski definition) is 4. The standard InChI is InChI=1S/C14H12O2.C4H8O2/c15-13(11-7-3-1-4-8-11)14(16)12-9-5-2-6-10-12;1-3(5)4(2)6/h1-10,13,15H;3,5H,1-2H3. The quantitative estimate of drug-likeness (QED) is 0.851. The molecule has 0 saturated carbocycles. The van der Waals surface area contributed by atoms with E-state index in [0.717, 1.165) is 0 Å². The third kappa shape index (κ3) is 5.60. The van der Waals surface area contributed by atoms with E-state index in [4.69, 9.17) is 5.11 Å². The van der Waals surface area contributed by atoms with E-state index in [9.17, 15) is 14.7 Å². The van der Waals surface area contributed by atoms with Gasteiger partial charge in [-0.15, -0.1) is 0 Å². The summed E-state index contributed by atoms with van der Waals surface area (Å²) in [6.07, 6.45) is -1.87. The average molecular weight is 300 g/mol. The largest absolute Gasteiger partial charge is 0.386 e. The van der Waals surface area contributed by atoms with Crippen LogP contribution in [0.1, 0.15) is 35.9 Å². The van der Waals surface area contributed by atoms with Crippen molar-refractivity contribution < 1.29 is 19.8 Å². The number of rotatable bonds is 4. The molecule has 0 fully saturated rings. The van der Waals surface area contributed by atoms with Crippen molar-refractivity contribution in [3.05, 3.63) is 71.8 Å². The molecule has 0 aliphatic rings. The zero-order valence-corrected chi connectivity index (χ0v) is 12.6. The maximum atomic E-state index is 11.9. The summed E-state index contributed by atoms with van der Waals surface area (Å²) in [5.74, 6) is -0.457. The second kappa shape index (κ2) is 8.87. The first-order valence-corrected chi connectivity index (χ1v) is 6.94. The Bertz CT molecular complexity index is 591. The maximum Gasteiger partial charge on any atom is 0.195 e. The van der Waals surface area contributed by atoms with Crippen LogP contribution in [0.25, 0.3) is 0 Å². The van der Waals surface area contributed by atoms with Gasteiger partial charge in [0, 0.05) is 5.56 Å². The third-order valence-electron chi connectivity index (χ3n) is 3.01. The number of ketones is 2. The molecule has 0 heterocycles. The highest BCUT2D eigenvalue weighted by Crippen LogP contribution is 2.17. The van der Waals surface area contributed by atoms with Gasteiger partial charge in [-0.05, 0) is 19.4 Å². The number of aliphatic hydroxyl groups excluding tert-OH is 2. The minimum atomic E-state index is -1.08. The van der Waals surface area contributed by atoms with Crippen molar-refractivity contribution in [2.45, 2.75) is 26.1 Å². The van der Waals surface area contributed by atoms with Crippen molar-refractivity contribution in [3.63, 3.8) is 0 Å². The topological polar surface area (TPSA) is 74.6 Å². The lowest BCUT2D eigenvalue weighted by atomic mass is 10.0. The zero-order chi connectivity index (χ0) is 16.5. The van der Waals surface area contributed by atoms with Crippen LogP contribution in [-0.4, -0.2) is 27.9 Å². The number of Topliss-reactive ketones (excluding diaryl/α,β-unsaturated/α-hetero) is 2. The second-order valence-corrected chi connectivity index (χ2v) is 4.83. The van der Waals surface area contributed by atoms with E-state index in [1.807, 2.05) is 12.1 Å². The molecular formula is C18H20O4. The molecule has 4 heteroatoms. The second-order valence-electron chi connectivity index (χ2n) is 4.83. The van der Waals surface area contributed by atoms with E-state index in [-0.39, 0.29) is 11.6 Å². The lowest BCUT2D eigenvalue weighted by Gasteiger charge is -2.09. The molecule has 22 heavy (non-hydrogen) atoms. The summed E-state index contributed by atoms with van der Waals surface area (Å²) in [5.41, 5.74) is 1.15. The molecule has 2 unspecified atom stereocenters. The first-order valence-electron chi connectivity index (χ1n) is 6.94. The van der Waals surface area contributed by atoms with E-state index in [2.05, 4.69) is 0 Å². The Balaban J connectivity index is 0.000000346. The summed E-state index contributed by atoms with van der Waals surface area (Å²) in [7, 11) is 0. The van der Waals surface area contributed by atoms with Crippen molar-refractivity contribution in [2.75, 3.05) is 0 Å². The molecule has 0 amide bonds. The third-order valence-corrected chi connectivity index (χ3v) is 3.01. The van der Waals surface area contributed by atoms with Gasteiger partial charge in [-0.1, -0.05) is 60.7 Å². The predicted octanol–water partition coefficient (Wildman–Crippen LogP) is 2.56. The Morgan fingerprint density at radius 2 is 1.27 bits per heavy atom. The fourth-order valence-electron chi connectivity index (χ4n) is 1.55. The van der Waals surface area contributed by atoms with E-state index < -0.39 is 12.2 Å². The molecule has 4 nitrogen and oxygen atoms in total. The minimum Gasteiger partial charge on any atom is -0.386 e. The fourth-order valence-corrected chi connectivity index (χ4v) is 1.55. The van der Waals surface area contributed by atoms with Gasteiger partial charge in [0.05, 0.1) is 0 Å². The van der Waals surface area contributed by atoms with Crippen LogP contribution in [0.3, 0.4) is 0 Å². The predicted molar refractivity (Wildman–Crippen MR) is 84.5 cm³/mol. The van der Waals surface area contributed by atoms with Crippen LogP contribution in [0.4, 0.5) is 0 Å². The van der Waals surface area contributed by atoms with Crippen LogP contribution in [0, 0.1) is 0 Å². The van der Waals surface area contributed by atoms with Crippen molar-refractivity contribution in [3.8, 4) is 0 Å². The molecule has 0 aliphatic carbocycles. The molecule has 116 valence electrons. The van der Waals surface area contributed by atoms with Crippen molar-refractivity contribution in [1.82, 2.24) is 0 Å². The van der Waals surface area contributed by atoms with Gasteiger partial charge in [-0.2, -0.15) is 0 Å². The number of benzene rings is 2. The smallest absolute Gasteiger partial charge is 0.195 e. The van der Waals surface area contributed by atoms with E-state index >= 15 is 0 Å². The lowest BCUT2D eigenvalue weighted by molar-refractivity contribution is -0.124. The summed E-state index contributed by atoms with van der Waals surface area (Å²) >= 11 is 0. The molecular weight excluding hydrogens is 280 g/mol. The van der Waals surface area contributed by atoms with Crippen LogP contribution in [0.15, 0.2) is 60.7 Å². The summed E-state index contributed by atoms with van der Waals surface area (Å²) in [6, 6.07) is 17.7. The van der Waals surface area contributed by atoms with Gasteiger partial charge in [0.2, 0.25) is 0 Å². The Morgan fingerprint density at radius 3 is 1.68 bits per heavy atom. The molecule has 0 bridgehead atoms. The van der Waals surface area contributed by atoms with Gasteiger partial charge >= 0.3 is 0 Å². The number of carbonyl (C=O) groups is 2. The zero-order valence-electron chi connectivity index (χ0n) is 12.6. The van der Waals surface area contributed by atoms with Gasteiger partial charge in [-0.3, -0.25) is 9.59 Å². The molecule has 0 saturated heterocycles. The van der Waals surface area contributed by atoms with Gasteiger partial charge in [0.1, 0.15) is 12.2 Å². The fraction of sp³-hybridized carbons (Fsp3) is 0.222. The molecule has 0 radical (unpaired) electrons. The first kappa shape index (κ1) is 17.8. The molecule has 2 N–H and O–H groups in total. The highest BCUT2D eigenvalue weighted by Gasteiger charge is 2.18. The molecule has 0 spiro atoms. The van der Waals surface area contributed by atoms with Crippen molar-refractivity contribution in [2.24, 2.45) is 0 Å². The van der Waals surface area contributed by atoms with Crippen LogP contribution < -0.4 is 0 Å². The molecule has 2 aromatic carbocycles. The SMILES string of the molecule is CC(=O)C(C)O.O=C(c1ccccc1)C(O)c1ccccc1. The summed E-state index contributed by atoms with van der Waals surface area (Å²) in [4.78, 5) is 21.8. The maximum absolute atomic E-state index is 11.9. The number of aliphatic hydroxyl groups is 2. The van der Waals surface area contributed by atoms with E-state index in [1.165, 1.54) is 13.8 Å². The Kier molecular flexibility index (Phi) is 7.16. The molecule has 0 aliphatic heterocycles. The summed E-state index contributed by atoms with van der Waals surface area (Å²) in [6.45, 7) is 2.80. The molecule has 2 rings (SSSR count). The van der Waals surface area contributed by atoms with Gasteiger partial charge in [0.15, 0.2) is 11.6 Å². The highest BCUT2D eigenvalue weighted by atomic mass is 16.3. The van der Waals surface area contributed by atoms with Gasteiger partial charge in [-0.25, -0.2) is 0 Å². The summed E-state index contributed by atoms with van der Waals surface area (Å²) < 4.78 is 0. The van der Waals surface area contributed by atoms with Crippen molar-refractivity contribution >= 4 is 11.6 Å². The normalized spacial score (nSPS) is 12.5. The average Bonchev–Trinajstić information content (AvgIpc) is 2.55. The minimum absolute atomic E-state index is 0.185.